The van der Waals surface area contributed by atoms with Gasteiger partial charge in [0.1, 0.15) is 6.61 Å². The molecule has 0 saturated heterocycles. The van der Waals surface area contributed by atoms with Crippen LogP contribution in [-0.4, -0.2) is 42.2 Å². The average molecular weight is 501 g/mol. The normalized spacial score (nSPS) is 12.4. The zero-order chi connectivity index (χ0) is 25.2. The maximum Gasteiger partial charge on any atom is 0.411 e. The van der Waals surface area contributed by atoms with E-state index in [1.165, 1.54) is 18.2 Å². The van der Waals surface area contributed by atoms with Crippen LogP contribution in [0.5, 0.6) is 0 Å². The van der Waals surface area contributed by atoms with Crippen molar-refractivity contribution in [3.8, 4) is 11.1 Å². The summed E-state index contributed by atoms with van der Waals surface area (Å²) in [6.45, 7) is -1.33. The van der Waals surface area contributed by atoms with Gasteiger partial charge in [0, 0.05) is 22.2 Å². The smallest absolute Gasteiger partial charge is 0.411 e. The minimum absolute atomic E-state index is 0.0524. The van der Waals surface area contributed by atoms with Crippen LogP contribution in [0.4, 0.5) is 19.3 Å². The molecular weight excluding hydrogens is 482 g/mol. The van der Waals surface area contributed by atoms with Crippen LogP contribution in [0.25, 0.3) is 11.1 Å². The number of hydrogen-bond donors (Lipinski definition) is 3. The van der Waals surface area contributed by atoms with Crippen LogP contribution >= 0.6 is 11.6 Å². The Kier molecular flexibility index (Phi) is 6.70. The predicted molar refractivity (Wildman–Crippen MR) is 125 cm³/mol. The highest BCUT2D eigenvalue weighted by Crippen LogP contribution is 2.44. The minimum atomic E-state index is -4.13. The second-order valence-electron chi connectivity index (χ2n) is 7.87. The molecule has 0 aliphatic heterocycles. The van der Waals surface area contributed by atoms with Gasteiger partial charge in [0.25, 0.3) is 5.91 Å². The van der Waals surface area contributed by atoms with E-state index < -0.39 is 30.4 Å². The molecule has 3 aromatic rings. The number of nitrogens with one attached hydrogen (secondary N) is 2. The van der Waals surface area contributed by atoms with Crippen LogP contribution < -0.4 is 10.6 Å². The van der Waals surface area contributed by atoms with Gasteiger partial charge in [0.2, 0.25) is 0 Å². The first-order valence-electron chi connectivity index (χ1n) is 10.5. The molecule has 1 aliphatic carbocycles. The van der Waals surface area contributed by atoms with E-state index in [-0.39, 0.29) is 28.8 Å². The molecule has 0 radical (unpaired) electrons. The van der Waals surface area contributed by atoms with Crippen molar-refractivity contribution < 1.29 is 33.0 Å². The number of carboxylic acids is 1. The third-order valence-corrected chi connectivity index (χ3v) is 5.75. The summed E-state index contributed by atoms with van der Waals surface area (Å²) < 4.78 is 31.9. The fraction of sp³-hybridized carbons (Fsp3) is 0.160. The molecule has 3 N–H and O–H groups in total. The topological polar surface area (TPSA) is 105 Å². The standard InChI is InChI=1S/C25H19ClF2N2O5/c26-15-9-14(22(31)29-13-25(27,28)23(32)33)10-16(11-15)30-24(34)35-12-21-19-7-3-1-5-17(19)18-6-2-4-8-20(18)21/h1-11,21H,12-13H2,(H,29,31)(H,30,34)(H,32,33). The Bertz CT molecular complexity index is 1270. The number of carbonyl (C=O) groups is 3. The van der Waals surface area contributed by atoms with Gasteiger partial charge in [0.15, 0.2) is 0 Å². The van der Waals surface area contributed by atoms with Crippen molar-refractivity contribution in [3.63, 3.8) is 0 Å². The number of anilines is 1. The Labute approximate surface area is 203 Å². The zero-order valence-corrected chi connectivity index (χ0v) is 18.8. The van der Waals surface area contributed by atoms with Crippen molar-refractivity contribution in [2.45, 2.75) is 11.8 Å². The van der Waals surface area contributed by atoms with Gasteiger partial charge in [-0.25, -0.2) is 9.59 Å². The molecule has 0 saturated carbocycles. The van der Waals surface area contributed by atoms with E-state index >= 15 is 0 Å². The number of rotatable bonds is 7. The SMILES string of the molecule is O=C(Nc1cc(Cl)cc(C(=O)NCC(F)(F)C(=O)O)c1)OCC1c2ccccc2-c2ccccc21. The van der Waals surface area contributed by atoms with Gasteiger partial charge in [-0.15, -0.1) is 0 Å². The molecule has 10 heteroatoms. The summed E-state index contributed by atoms with van der Waals surface area (Å²) in [6.07, 6.45) is -0.794. The number of benzene rings is 3. The number of carboxylic acid groups (broad SMARTS) is 1. The number of fused-ring (bicyclic) bond motifs is 3. The summed E-state index contributed by atoms with van der Waals surface area (Å²) in [7, 11) is 0. The van der Waals surface area contributed by atoms with Crippen LogP contribution in [0.2, 0.25) is 5.02 Å². The van der Waals surface area contributed by atoms with E-state index in [0.29, 0.717) is 0 Å². The Morgan fingerprint density at radius 2 is 1.57 bits per heavy atom. The van der Waals surface area contributed by atoms with Gasteiger partial charge < -0.3 is 15.2 Å². The summed E-state index contributed by atoms with van der Waals surface area (Å²) in [5, 5.41) is 12.8. The van der Waals surface area contributed by atoms with Crippen molar-refractivity contribution >= 4 is 35.3 Å². The van der Waals surface area contributed by atoms with Crippen molar-refractivity contribution in [1.82, 2.24) is 5.32 Å². The van der Waals surface area contributed by atoms with Gasteiger partial charge in [-0.1, -0.05) is 60.1 Å². The summed E-state index contributed by atoms with van der Waals surface area (Å²) in [5.74, 6) is -7.62. The van der Waals surface area contributed by atoms with Gasteiger partial charge >= 0.3 is 18.0 Å². The Morgan fingerprint density at radius 3 is 2.17 bits per heavy atom. The highest BCUT2D eigenvalue weighted by atomic mass is 35.5. The number of aliphatic carboxylic acids is 1. The molecule has 4 rings (SSSR count). The molecule has 0 atom stereocenters. The lowest BCUT2D eigenvalue weighted by Gasteiger charge is -2.15. The summed E-state index contributed by atoms with van der Waals surface area (Å²) in [4.78, 5) is 35.2. The van der Waals surface area contributed by atoms with Gasteiger partial charge in [-0.3, -0.25) is 10.1 Å². The predicted octanol–water partition coefficient (Wildman–Crippen LogP) is 5.15. The number of carbonyl (C=O) groups excluding carboxylic acids is 2. The molecule has 0 bridgehead atoms. The number of amides is 2. The van der Waals surface area contributed by atoms with Crippen molar-refractivity contribution in [2.24, 2.45) is 0 Å². The van der Waals surface area contributed by atoms with E-state index in [1.54, 1.807) is 0 Å². The third kappa shape index (κ3) is 5.25. The lowest BCUT2D eigenvalue weighted by molar-refractivity contribution is -0.163. The van der Waals surface area contributed by atoms with Crippen molar-refractivity contribution in [1.29, 1.82) is 0 Å². The molecule has 0 spiro atoms. The van der Waals surface area contributed by atoms with E-state index in [9.17, 15) is 23.2 Å². The number of halogens is 3. The molecule has 7 nitrogen and oxygen atoms in total. The molecular formula is C25H19ClF2N2O5. The number of ether oxygens (including phenoxy) is 1. The number of hydrogen-bond acceptors (Lipinski definition) is 4. The molecule has 0 heterocycles. The highest BCUT2D eigenvalue weighted by molar-refractivity contribution is 6.31. The van der Waals surface area contributed by atoms with Gasteiger partial charge in [0.05, 0.1) is 6.54 Å². The van der Waals surface area contributed by atoms with Crippen LogP contribution in [0.3, 0.4) is 0 Å². The molecule has 35 heavy (non-hydrogen) atoms. The molecule has 2 amide bonds. The van der Waals surface area contributed by atoms with Crippen LogP contribution in [0.1, 0.15) is 27.4 Å². The maximum absolute atomic E-state index is 13.2. The first kappa shape index (κ1) is 24.2. The van der Waals surface area contributed by atoms with Gasteiger partial charge in [-0.05, 0) is 40.5 Å². The largest absolute Gasteiger partial charge is 0.477 e. The second kappa shape index (κ2) is 9.71. The number of alkyl halides is 2. The maximum atomic E-state index is 13.2. The first-order chi connectivity index (χ1) is 16.7. The van der Waals surface area contributed by atoms with Crippen molar-refractivity contribution in [3.05, 3.63) is 88.4 Å². The van der Waals surface area contributed by atoms with E-state index in [0.717, 1.165) is 22.3 Å². The summed E-state index contributed by atoms with van der Waals surface area (Å²) in [5.41, 5.74) is 4.20. The third-order valence-electron chi connectivity index (χ3n) is 5.53. The molecule has 3 aromatic carbocycles. The zero-order valence-electron chi connectivity index (χ0n) is 18.1. The van der Waals surface area contributed by atoms with Gasteiger partial charge in [-0.2, -0.15) is 8.78 Å². The fourth-order valence-corrected chi connectivity index (χ4v) is 4.15. The lowest BCUT2D eigenvalue weighted by atomic mass is 9.98. The Morgan fingerprint density at radius 1 is 0.971 bits per heavy atom. The Balaban J connectivity index is 1.41. The molecule has 0 fully saturated rings. The Hall–Kier alpha value is -3.98. The fourth-order valence-electron chi connectivity index (χ4n) is 3.91. The van der Waals surface area contributed by atoms with Crippen molar-refractivity contribution in [2.75, 3.05) is 18.5 Å². The van der Waals surface area contributed by atoms with E-state index in [4.69, 9.17) is 21.4 Å². The van der Waals surface area contributed by atoms with E-state index in [1.807, 2.05) is 53.8 Å². The average Bonchev–Trinajstić information content (AvgIpc) is 3.14. The summed E-state index contributed by atoms with van der Waals surface area (Å²) in [6, 6.07) is 19.5. The monoisotopic (exact) mass is 500 g/mol. The highest BCUT2D eigenvalue weighted by Gasteiger charge is 2.39. The minimum Gasteiger partial charge on any atom is -0.477 e. The van der Waals surface area contributed by atoms with Crippen LogP contribution in [-0.2, 0) is 9.53 Å². The second-order valence-corrected chi connectivity index (χ2v) is 8.31. The molecule has 0 unspecified atom stereocenters. The lowest BCUT2D eigenvalue weighted by Crippen LogP contribution is -2.42. The molecule has 1 aliphatic rings. The van der Waals surface area contributed by atoms with Crippen LogP contribution in [0.15, 0.2) is 66.7 Å². The summed E-state index contributed by atoms with van der Waals surface area (Å²) >= 11 is 6.00. The van der Waals surface area contributed by atoms with Crippen LogP contribution in [0, 0.1) is 0 Å². The quantitative estimate of drug-likeness (QED) is 0.416. The first-order valence-corrected chi connectivity index (χ1v) is 10.9. The molecule has 0 aromatic heterocycles. The molecule has 180 valence electrons. The van der Waals surface area contributed by atoms with E-state index in [2.05, 4.69) is 5.32 Å².